The van der Waals surface area contributed by atoms with E-state index in [2.05, 4.69) is 14.7 Å². The smallest absolute Gasteiger partial charge is 0.303 e. The molecule has 0 radical (unpaired) electrons. The number of aromatic nitrogens is 2. The van der Waals surface area contributed by atoms with Crippen molar-refractivity contribution in [2.45, 2.75) is 17.7 Å². The van der Waals surface area contributed by atoms with Crippen molar-refractivity contribution in [3.05, 3.63) is 77.3 Å². The van der Waals surface area contributed by atoms with Crippen molar-refractivity contribution in [3.63, 3.8) is 0 Å². The minimum atomic E-state index is -3.80. The van der Waals surface area contributed by atoms with Crippen molar-refractivity contribution in [2.75, 3.05) is 4.72 Å². The molecule has 0 fully saturated rings. The zero-order valence-corrected chi connectivity index (χ0v) is 17.7. The Morgan fingerprint density at radius 2 is 1.81 bits per heavy atom. The Balaban J connectivity index is 1.56. The molecule has 0 bridgehead atoms. The third kappa shape index (κ3) is 4.70. The van der Waals surface area contributed by atoms with Gasteiger partial charge in [0.15, 0.2) is 0 Å². The summed E-state index contributed by atoms with van der Waals surface area (Å²) in [5.41, 5.74) is 3.24. The quantitative estimate of drug-likeness (QED) is 0.374. The van der Waals surface area contributed by atoms with Crippen LogP contribution in [0.25, 0.3) is 22.4 Å². The Bertz CT molecular complexity index is 1370. The van der Waals surface area contributed by atoms with Crippen molar-refractivity contribution < 1.29 is 18.3 Å². The molecular weight excluding hydrogens is 438 g/mol. The van der Waals surface area contributed by atoms with Gasteiger partial charge >= 0.3 is 5.97 Å². The highest BCUT2D eigenvalue weighted by atomic mass is 35.5. The number of hydrogen-bond donors (Lipinski definition) is 3. The van der Waals surface area contributed by atoms with Crippen LogP contribution in [0, 0.1) is 0 Å². The number of halogens is 1. The Morgan fingerprint density at radius 1 is 1.06 bits per heavy atom. The van der Waals surface area contributed by atoms with Gasteiger partial charge in [-0.1, -0.05) is 35.9 Å². The molecule has 0 amide bonds. The fourth-order valence-corrected chi connectivity index (χ4v) is 4.43. The molecule has 4 aromatic rings. The van der Waals surface area contributed by atoms with Crippen LogP contribution >= 0.6 is 11.6 Å². The summed E-state index contributed by atoms with van der Waals surface area (Å²) in [5.74, 6) is -0.303. The number of sulfonamides is 1. The summed E-state index contributed by atoms with van der Waals surface area (Å²) >= 11 is 6.24. The second-order valence-corrected chi connectivity index (χ2v) is 9.03. The lowest BCUT2D eigenvalue weighted by molar-refractivity contribution is -0.136. The monoisotopic (exact) mass is 455 g/mol. The van der Waals surface area contributed by atoms with Crippen molar-refractivity contribution in [1.29, 1.82) is 0 Å². The van der Waals surface area contributed by atoms with Gasteiger partial charge in [-0.2, -0.15) is 0 Å². The number of carboxylic acids is 1. The van der Waals surface area contributed by atoms with E-state index in [0.29, 0.717) is 34.0 Å². The van der Waals surface area contributed by atoms with E-state index in [9.17, 15) is 13.2 Å². The van der Waals surface area contributed by atoms with Gasteiger partial charge in [-0.3, -0.25) is 9.52 Å². The van der Waals surface area contributed by atoms with E-state index in [1.165, 1.54) is 12.1 Å². The first-order valence-corrected chi connectivity index (χ1v) is 11.3. The zero-order valence-electron chi connectivity index (χ0n) is 16.2. The highest BCUT2D eigenvalue weighted by molar-refractivity contribution is 7.92. The minimum Gasteiger partial charge on any atom is -0.481 e. The van der Waals surface area contributed by atoms with E-state index in [4.69, 9.17) is 16.7 Å². The SMILES string of the molecule is O=C(O)CCc1ccc(S(=O)(=O)Nc2ccc3nc(-c4ccccc4Cl)[nH]c3c2)cc1. The van der Waals surface area contributed by atoms with Gasteiger partial charge in [-0.15, -0.1) is 0 Å². The third-order valence-electron chi connectivity index (χ3n) is 4.72. The number of nitrogens with one attached hydrogen (secondary N) is 2. The second kappa shape index (κ2) is 8.41. The summed E-state index contributed by atoms with van der Waals surface area (Å²) < 4.78 is 28.0. The predicted molar refractivity (Wildman–Crippen MR) is 120 cm³/mol. The van der Waals surface area contributed by atoms with Crippen LogP contribution in [0.3, 0.4) is 0 Å². The van der Waals surface area contributed by atoms with E-state index < -0.39 is 16.0 Å². The molecule has 1 heterocycles. The second-order valence-electron chi connectivity index (χ2n) is 6.94. The number of H-pyrrole nitrogens is 1. The van der Waals surface area contributed by atoms with Crippen molar-refractivity contribution in [3.8, 4) is 11.4 Å². The molecule has 0 aliphatic rings. The van der Waals surface area contributed by atoms with Crippen LogP contribution in [-0.4, -0.2) is 29.5 Å². The number of imidazole rings is 1. The third-order valence-corrected chi connectivity index (χ3v) is 6.45. The first kappa shape index (κ1) is 20.9. The van der Waals surface area contributed by atoms with Gasteiger partial charge in [0.05, 0.1) is 26.6 Å². The summed E-state index contributed by atoms with van der Waals surface area (Å²) in [4.78, 5) is 18.5. The maximum Gasteiger partial charge on any atom is 0.303 e. The number of aryl methyl sites for hydroxylation is 1. The molecular formula is C22H18ClN3O4S. The standard InChI is InChI=1S/C22H18ClN3O4S/c23-18-4-2-1-3-17(18)22-24-19-11-8-15(13-20(19)25-22)26-31(29,30)16-9-5-14(6-10-16)7-12-21(27)28/h1-6,8-11,13,26H,7,12H2,(H,24,25)(H,27,28). The van der Waals surface area contributed by atoms with Crippen LogP contribution in [0.1, 0.15) is 12.0 Å². The molecule has 9 heteroatoms. The van der Waals surface area contributed by atoms with Gasteiger partial charge in [0.2, 0.25) is 0 Å². The number of rotatable bonds is 7. The highest BCUT2D eigenvalue weighted by Gasteiger charge is 2.15. The maximum absolute atomic E-state index is 12.7. The number of carboxylic acid groups (broad SMARTS) is 1. The molecule has 0 saturated carbocycles. The zero-order chi connectivity index (χ0) is 22.0. The Kier molecular flexibility index (Phi) is 5.67. The number of carbonyl (C=O) groups is 1. The first-order valence-electron chi connectivity index (χ1n) is 9.40. The van der Waals surface area contributed by atoms with Crippen LogP contribution in [0.2, 0.25) is 5.02 Å². The number of fused-ring (bicyclic) bond motifs is 1. The highest BCUT2D eigenvalue weighted by Crippen LogP contribution is 2.28. The van der Waals surface area contributed by atoms with E-state index in [1.54, 1.807) is 36.4 Å². The fraction of sp³-hybridized carbons (Fsp3) is 0.0909. The average molecular weight is 456 g/mol. The molecule has 0 unspecified atom stereocenters. The van der Waals surface area contributed by atoms with Gasteiger partial charge in [0.25, 0.3) is 10.0 Å². The number of benzene rings is 3. The molecule has 0 atom stereocenters. The van der Waals surface area contributed by atoms with E-state index in [1.807, 2.05) is 18.2 Å². The van der Waals surface area contributed by atoms with Gasteiger partial charge < -0.3 is 10.1 Å². The minimum absolute atomic E-state index is 0.00920. The van der Waals surface area contributed by atoms with Crippen LogP contribution in [0.4, 0.5) is 5.69 Å². The largest absolute Gasteiger partial charge is 0.481 e. The molecule has 0 aliphatic carbocycles. The van der Waals surface area contributed by atoms with E-state index >= 15 is 0 Å². The molecule has 4 rings (SSSR count). The van der Waals surface area contributed by atoms with Crippen molar-refractivity contribution >= 4 is 44.3 Å². The van der Waals surface area contributed by atoms with Gasteiger partial charge in [-0.25, -0.2) is 13.4 Å². The lowest BCUT2D eigenvalue weighted by Gasteiger charge is -2.09. The maximum atomic E-state index is 12.7. The Labute approximate surface area is 183 Å². The van der Waals surface area contributed by atoms with Gasteiger partial charge in [0, 0.05) is 12.0 Å². The molecule has 0 spiro atoms. The van der Waals surface area contributed by atoms with Crippen LogP contribution < -0.4 is 4.72 Å². The predicted octanol–water partition coefficient (Wildman–Crippen LogP) is 4.70. The van der Waals surface area contributed by atoms with Crippen molar-refractivity contribution in [1.82, 2.24) is 9.97 Å². The summed E-state index contributed by atoms with van der Waals surface area (Å²) in [6, 6.07) is 18.5. The first-order chi connectivity index (χ1) is 14.8. The molecule has 0 aliphatic heterocycles. The molecule has 1 aromatic heterocycles. The summed E-state index contributed by atoms with van der Waals surface area (Å²) in [7, 11) is -3.80. The summed E-state index contributed by atoms with van der Waals surface area (Å²) in [5, 5.41) is 9.32. The number of aromatic amines is 1. The van der Waals surface area contributed by atoms with Gasteiger partial charge in [-0.05, 0) is 54.4 Å². The number of anilines is 1. The Hall–Kier alpha value is -3.36. The Morgan fingerprint density at radius 3 is 2.52 bits per heavy atom. The number of hydrogen-bond acceptors (Lipinski definition) is 4. The van der Waals surface area contributed by atoms with Crippen LogP contribution in [-0.2, 0) is 21.2 Å². The molecule has 7 nitrogen and oxygen atoms in total. The topological polar surface area (TPSA) is 112 Å². The van der Waals surface area contributed by atoms with E-state index in [-0.39, 0.29) is 11.3 Å². The van der Waals surface area contributed by atoms with E-state index in [0.717, 1.165) is 11.1 Å². The number of aliphatic carboxylic acids is 1. The van der Waals surface area contributed by atoms with Crippen LogP contribution in [0.5, 0.6) is 0 Å². The average Bonchev–Trinajstić information content (AvgIpc) is 3.15. The molecule has 31 heavy (non-hydrogen) atoms. The number of nitrogens with zero attached hydrogens (tertiary/aromatic N) is 1. The lowest BCUT2D eigenvalue weighted by atomic mass is 10.1. The molecule has 0 saturated heterocycles. The molecule has 158 valence electrons. The molecule has 3 N–H and O–H groups in total. The summed E-state index contributed by atoms with van der Waals surface area (Å²) in [6.45, 7) is 0. The fourth-order valence-electron chi connectivity index (χ4n) is 3.15. The normalized spacial score (nSPS) is 11.5. The lowest BCUT2D eigenvalue weighted by Crippen LogP contribution is -2.13. The van der Waals surface area contributed by atoms with Crippen LogP contribution in [0.15, 0.2) is 71.6 Å². The molecule has 3 aromatic carbocycles. The van der Waals surface area contributed by atoms with Crippen molar-refractivity contribution in [2.24, 2.45) is 0 Å². The summed E-state index contributed by atoms with van der Waals surface area (Å²) in [6.07, 6.45) is 0.331. The van der Waals surface area contributed by atoms with Gasteiger partial charge in [0.1, 0.15) is 5.82 Å².